The number of nitrogens with zero attached hydrogens (tertiary/aromatic N) is 1. The highest BCUT2D eigenvalue weighted by Crippen LogP contribution is 2.55. The van der Waals surface area contributed by atoms with E-state index < -0.39 is 44.7 Å². The molecule has 148 valence electrons. The third-order valence-electron chi connectivity index (χ3n) is 5.23. The van der Waals surface area contributed by atoms with Crippen molar-refractivity contribution in [2.75, 3.05) is 5.75 Å². The minimum atomic E-state index is -3.75. The van der Waals surface area contributed by atoms with E-state index in [4.69, 9.17) is 4.84 Å². The van der Waals surface area contributed by atoms with E-state index in [1.807, 2.05) is 0 Å². The van der Waals surface area contributed by atoms with Crippen LogP contribution in [0.2, 0.25) is 0 Å². The summed E-state index contributed by atoms with van der Waals surface area (Å²) < 4.78 is 25.5. The normalized spacial score (nSPS) is 25.6. The van der Waals surface area contributed by atoms with E-state index in [2.05, 4.69) is 0 Å². The summed E-state index contributed by atoms with van der Waals surface area (Å²) in [4.78, 5) is 43.6. The lowest BCUT2D eigenvalue weighted by Gasteiger charge is -2.37. The predicted octanol–water partition coefficient (Wildman–Crippen LogP) is 2.07. The fraction of sp³-hybridized carbons (Fsp3) is 0.190. The average molecular weight is 411 g/mol. The summed E-state index contributed by atoms with van der Waals surface area (Å²) in [5, 5.41) is 1.39. The van der Waals surface area contributed by atoms with Gasteiger partial charge in [-0.15, -0.1) is 5.06 Å². The second kappa shape index (κ2) is 6.66. The van der Waals surface area contributed by atoms with Crippen LogP contribution in [0.1, 0.15) is 24.0 Å². The molecule has 1 saturated heterocycles. The number of amides is 2. The van der Waals surface area contributed by atoms with Gasteiger partial charge in [0.05, 0.1) is 5.75 Å². The summed E-state index contributed by atoms with van der Waals surface area (Å²) in [6.07, 6.45) is 0. The average Bonchev–Trinajstić information content (AvgIpc) is 2.97. The van der Waals surface area contributed by atoms with Crippen LogP contribution in [0.25, 0.3) is 5.57 Å². The standard InChI is InChI=1S/C21H17NO6S/c1-14(23)22-19(24)21(20(25)28-22)17(15-8-4-2-5-9-15)12-29(26,27)13-18(21)16-10-6-3-7-11-16/h2-12,18H,13H2,1H3. The molecule has 4 rings (SSSR count). The molecule has 2 aromatic carbocycles. The molecule has 2 amide bonds. The topological polar surface area (TPSA) is 97.8 Å². The van der Waals surface area contributed by atoms with Gasteiger partial charge in [0.25, 0.3) is 11.8 Å². The van der Waals surface area contributed by atoms with Crippen molar-refractivity contribution in [3.05, 3.63) is 77.2 Å². The molecule has 0 N–H and O–H groups in total. The number of carbonyl (C=O) groups is 3. The lowest BCUT2D eigenvalue weighted by atomic mass is 9.66. The molecule has 2 aliphatic heterocycles. The maximum atomic E-state index is 13.4. The number of rotatable bonds is 2. The van der Waals surface area contributed by atoms with Crippen molar-refractivity contribution in [1.82, 2.24) is 5.06 Å². The molecule has 1 fully saturated rings. The van der Waals surface area contributed by atoms with Crippen LogP contribution in [0.4, 0.5) is 0 Å². The molecule has 0 bridgehead atoms. The number of hydroxylamine groups is 2. The van der Waals surface area contributed by atoms with Crippen LogP contribution >= 0.6 is 0 Å². The molecule has 2 heterocycles. The molecular formula is C21H17NO6S. The van der Waals surface area contributed by atoms with Gasteiger partial charge in [-0.25, -0.2) is 13.2 Å². The lowest BCUT2D eigenvalue weighted by molar-refractivity contribution is -0.186. The summed E-state index contributed by atoms with van der Waals surface area (Å²) in [5.74, 6) is -4.10. The molecule has 29 heavy (non-hydrogen) atoms. The molecule has 0 radical (unpaired) electrons. The highest BCUT2D eigenvalue weighted by Gasteiger charge is 2.67. The van der Waals surface area contributed by atoms with Crippen LogP contribution in [0.5, 0.6) is 0 Å². The zero-order chi connectivity index (χ0) is 20.8. The fourth-order valence-electron chi connectivity index (χ4n) is 3.98. The van der Waals surface area contributed by atoms with E-state index in [0.717, 1.165) is 12.3 Å². The van der Waals surface area contributed by atoms with Gasteiger partial charge in [0, 0.05) is 18.2 Å². The summed E-state index contributed by atoms with van der Waals surface area (Å²) in [6.45, 7) is 1.10. The highest BCUT2D eigenvalue weighted by molar-refractivity contribution is 7.94. The third-order valence-corrected chi connectivity index (χ3v) is 6.63. The molecule has 0 aliphatic carbocycles. The van der Waals surface area contributed by atoms with Crippen molar-refractivity contribution in [1.29, 1.82) is 0 Å². The monoisotopic (exact) mass is 411 g/mol. The van der Waals surface area contributed by atoms with Gasteiger partial charge in [0.2, 0.25) is 0 Å². The number of benzene rings is 2. The molecule has 1 spiro atoms. The fourth-order valence-corrected chi connectivity index (χ4v) is 5.66. The maximum absolute atomic E-state index is 13.4. The molecule has 2 atom stereocenters. The number of hydrogen-bond acceptors (Lipinski definition) is 6. The largest absolute Gasteiger partial charge is 0.353 e. The zero-order valence-electron chi connectivity index (χ0n) is 15.4. The van der Waals surface area contributed by atoms with Crippen molar-refractivity contribution in [2.45, 2.75) is 12.8 Å². The van der Waals surface area contributed by atoms with E-state index in [1.165, 1.54) is 0 Å². The zero-order valence-corrected chi connectivity index (χ0v) is 16.3. The first-order valence-electron chi connectivity index (χ1n) is 8.90. The Morgan fingerprint density at radius 1 is 1.03 bits per heavy atom. The van der Waals surface area contributed by atoms with Gasteiger partial charge < -0.3 is 4.84 Å². The smallest absolute Gasteiger partial charge is 0.329 e. The summed E-state index contributed by atoms with van der Waals surface area (Å²) >= 11 is 0. The molecule has 8 heteroatoms. The van der Waals surface area contributed by atoms with Gasteiger partial charge in [-0.1, -0.05) is 60.7 Å². The Morgan fingerprint density at radius 2 is 1.62 bits per heavy atom. The molecule has 7 nitrogen and oxygen atoms in total. The minimum Gasteiger partial charge on any atom is -0.329 e. The maximum Gasteiger partial charge on any atom is 0.353 e. The third kappa shape index (κ3) is 2.87. The minimum absolute atomic E-state index is 0.0111. The number of imide groups is 1. The lowest BCUT2D eigenvalue weighted by Crippen LogP contribution is -2.48. The predicted molar refractivity (Wildman–Crippen MR) is 103 cm³/mol. The van der Waals surface area contributed by atoms with Crippen molar-refractivity contribution in [3.8, 4) is 0 Å². The van der Waals surface area contributed by atoms with Crippen LogP contribution in [-0.2, 0) is 29.1 Å². The van der Waals surface area contributed by atoms with Gasteiger partial charge in [-0.05, 0) is 16.7 Å². The van der Waals surface area contributed by atoms with Gasteiger partial charge in [-0.2, -0.15) is 0 Å². The Balaban J connectivity index is 2.06. The summed E-state index contributed by atoms with van der Waals surface area (Å²) in [7, 11) is -3.75. The number of hydrogen-bond donors (Lipinski definition) is 0. The van der Waals surface area contributed by atoms with Crippen LogP contribution in [0, 0.1) is 5.41 Å². The number of carbonyl (C=O) groups excluding carboxylic acids is 3. The molecule has 2 aliphatic rings. The molecule has 0 aromatic heterocycles. The SMILES string of the molecule is CC(=O)N1OC(=O)C2(C1=O)C(c1ccccc1)=CS(=O)(=O)CC2c1ccccc1. The first-order valence-corrected chi connectivity index (χ1v) is 10.6. The molecule has 2 aromatic rings. The van der Waals surface area contributed by atoms with E-state index in [0.29, 0.717) is 16.2 Å². The Hall–Kier alpha value is -3.26. The Kier molecular flexibility index (Phi) is 4.38. The van der Waals surface area contributed by atoms with Crippen molar-refractivity contribution in [2.24, 2.45) is 5.41 Å². The summed E-state index contributed by atoms with van der Waals surface area (Å²) in [5.41, 5.74) is -1.07. The second-order valence-electron chi connectivity index (χ2n) is 7.00. The van der Waals surface area contributed by atoms with E-state index in [9.17, 15) is 22.8 Å². The molecule has 0 saturated carbocycles. The van der Waals surface area contributed by atoms with Crippen LogP contribution in [0.3, 0.4) is 0 Å². The van der Waals surface area contributed by atoms with Gasteiger partial charge >= 0.3 is 5.97 Å². The van der Waals surface area contributed by atoms with Crippen LogP contribution in [0.15, 0.2) is 66.1 Å². The first kappa shape index (κ1) is 19.1. The van der Waals surface area contributed by atoms with E-state index in [-0.39, 0.29) is 5.57 Å². The quantitative estimate of drug-likeness (QED) is 0.702. The Labute approximate surface area is 167 Å². The number of sulfone groups is 1. The van der Waals surface area contributed by atoms with Gasteiger partial charge in [-0.3, -0.25) is 9.59 Å². The van der Waals surface area contributed by atoms with Gasteiger partial charge in [0.1, 0.15) is 0 Å². The van der Waals surface area contributed by atoms with Crippen molar-refractivity contribution < 1.29 is 27.6 Å². The van der Waals surface area contributed by atoms with E-state index >= 15 is 0 Å². The van der Waals surface area contributed by atoms with E-state index in [1.54, 1.807) is 60.7 Å². The molecule has 2 unspecified atom stereocenters. The van der Waals surface area contributed by atoms with Crippen molar-refractivity contribution >= 4 is 33.2 Å². The summed E-state index contributed by atoms with van der Waals surface area (Å²) in [6, 6.07) is 16.8. The van der Waals surface area contributed by atoms with Crippen LogP contribution < -0.4 is 0 Å². The first-order chi connectivity index (χ1) is 13.8. The van der Waals surface area contributed by atoms with Gasteiger partial charge in [0.15, 0.2) is 15.3 Å². The highest BCUT2D eigenvalue weighted by atomic mass is 32.2. The van der Waals surface area contributed by atoms with Crippen molar-refractivity contribution in [3.63, 3.8) is 0 Å². The Bertz CT molecular complexity index is 1140. The Morgan fingerprint density at radius 3 is 2.17 bits per heavy atom. The van der Waals surface area contributed by atoms with Crippen LogP contribution in [-0.4, -0.2) is 37.0 Å². The molecular weight excluding hydrogens is 394 g/mol. The second-order valence-corrected chi connectivity index (χ2v) is 8.89.